The van der Waals surface area contributed by atoms with Crippen LogP contribution in [0.25, 0.3) is 10.8 Å². The first kappa shape index (κ1) is 18.3. The molecule has 4 aromatic rings. The lowest BCUT2D eigenvalue weighted by Crippen LogP contribution is -2.11. The molecule has 0 unspecified atom stereocenters. The quantitative estimate of drug-likeness (QED) is 0.500. The first-order valence-electron chi connectivity index (χ1n) is 8.76. The number of aromatic nitrogens is 3. The van der Waals surface area contributed by atoms with Crippen molar-refractivity contribution in [2.75, 3.05) is 11.1 Å². The molecule has 144 valence electrons. The van der Waals surface area contributed by atoms with Crippen molar-refractivity contribution in [2.24, 2.45) is 0 Å². The molecule has 29 heavy (non-hydrogen) atoms. The van der Waals surface area contributed by atoms with Gasteiger partial charge in [0.1, 0.15) is 5.82 Å². The third-order valence-electron chi connectivity index (χ3n) is 4.14. The van der Waals surface area contributed by atoms with Gasteiger partial charge in [-0.1, -0.05) is 36.4 Å². The number of carbonyl (C=O) groups is 1. The molecule has 3 aromatic carbocycles. The summed E-state index contributed by atoms with van der Waals surface area (Å²) in [4.78, 5) is 24.7. The fraction of sp³-hybridized carbons (Fsp3) is 0.0476. The van der Waals surface area contributed by atoms with Crippen molar-refractivity contribution in [3.05, 3.63) is 83.9 Å². The number of ether oxygens (including phenoxy) is 1. The Morgan fingerprint density at radius 2 is 1.72 bits per heavy atom. The largest absolute Gasteiger partial charge is 0.454 e. The maximum absolute atomic E-state index is 13.0. The average molecular weight is 389 g/mol. The third-order valence-corrected chi connectivity index (χ3v) is 4.14. The minimum absolute atomic E-state index is 0.0270. The van der Waals surface area contributed by atoms with Crippen molar-refractivity contribution in [3.63, 3.8) is 0 Å². The SMILES string of the molecule is Nc1nc(COC(=O)c2cccc3ccccc23)nc(Nc2ccc(F)cc2)n1. The number of nitrogen functional groups attached to an aromatic ring is 1. The van der Waals surface area contributed by atoms with Crippen LogP contribution < -0.4 is 11.1 Å². The maximum Gasteiger partial charge on any atom is 0.339 e. The van der Waals surface area contributed by atoms with Crippen LogP contribution in [0.1, 0.15) is 16.2 Å². The number of rotatable bonds is 5. The van der Waals surface area contributed by atoms with Crippen LogP contribution in [0.4, 0.5) is 22.0 Å². The summed E-state index contributed by atoms with van der Waals surface area (Å²) >= 11 is 0. The van der Waals surface area contributed by atoms with Crippen LogP contribution >= 0.6 is 0 Å². The van der Waals surface area contributed by atoms with E-state index in [9.17, 15) is 9.18 Å². The number of fused-ring (bicyclic) bond motifs is 1. The van der Waals surface area contributed by atoms with E-state index in [-0.39, 0.29) is 30.1 Å². The Bertz CT molecular complexity index is 1180. The number of nitrogens with two attached hydrogens (primary N) is 1. The number of benzene rings is 3. The van der Waals surface area contributed by atoms with E-state index in [1.165, 1.54) is 24.3 Å². The molecule has 0 saturated carbocycles. The van der Waals surface area contributed by atoms with Crippen LogP contribution in [-0.4, -0.2) is 20.9 Å². The Balaban J connectivity index is 1.50. The zero-order valence-electron chi connectivity index (χ0n) is 15.2. The van der Waals surface area contributed by atoms with E-state index < -0.39 is 5.97 Å². The van der Waals surface area contributed by atoms with Crippen LogP contribution in [0, 0.1) is 5.82 Å². The van der Waals surface area contributed by atoms with Gasteiger partial charge in [-0.3, -0.25) is 0 Å². The molecule has 8 heteroatoms. The van der Waals surface area contributed by atoms with E-state index >= 15 is 0 Å². The lowest BCUT2D eigenvalue weighted by atomic mass is 10.1. The van der Waals surface area contributed by atoms with Crippen LogP contribution in [0.5, 0.6) is 0 Å². The predicted octanol–water partition coefficient (Wildman–Crippen LogP) is 3.85. The van der Waals surface area contributed by atoms with Crippen molar-refractivity contribution in [3.8, 4) is 0 Å². The molecule has 0 radical (unpaired) electrons. The number of nitrogens with one attached hydrogen (secondary N) is 1. The Hall–Kier alpha value is -4.07. The van der Waals surface area contributed by atoms with E-state index in [0.29, 0.717) is 11.3 Å². The number of halogens is 1. The number of carbonyl (C=O) groups excluding carboxylic acids is 1. The van der Waals surface area contributed by atoms with Gasteiger partial charge >= 0.3 is 5.97 Å². The summed E-state index contributed by atoms with van der Waals surface area (Å²) in [7, 11) is 0. The molecular weight excluding hydrogens is 373 g/mol. The number of esters is 1. The molecule has 0 spiro atoms. The molecule has 0 saturated heterocycles. The molecule has 0 bridgehead atoms. The second-order valence-corrected chi connectivity index (χ2v) is 6.17. The van der Waals surface area contributed by atoms with Gasteiger partial charge in [-0.2, -0.15) is 15.0 Å². The number of hydrogen-bond donors (Lipinski definition) is 2. The van der Waals surface area contributed by atoms with Gasteiger partial charge in [0.05, 0.1) is 5.56 Å². The molecular formula is C21H16FN5O2. The Kier molecular flexibility index (Phi) is 4.98. The van der Waals surface area contributed by atoms with Crippen molar-refractivity contribution < 1.29 is 13.9 Å². The van der Waals surface area contributed by atoms with Crippen LogP contribution in [0.2, 0.25) is 0 Å². The zero-order valence-corrected chi connectivity index (χ0v) is 15.2. The summed E-state index contributed by atoms with van der Waals surface area (Å²) in [6.07, 6.45) is 0. The summed E-state index contributed by atoms with van der Waals surface area (Å²) in [5, 5.41) is 4.65. The van der Waals surface area contributed by atoms with Crippen LogP contribution in [0.15, 0.2) is 66.7 Å². The van der Waals surface area contributed by atoms with Crippen LogP contribution in [0.3, 0.4) is 0 Å². The van der Waals surface area contributed by atoms with Gasteiger partial charge in [-0.25, -0.2) is 9.18 Å². The molecule has 1 aromatic heterocycles. The molecule has 0 aliphatic rings. The molecule has 1 heterocycles. The van der Waals surface area contributed by atoms with Gasteiger partial charge in [0.2, 0.25) is 11.9 Å². The smallest absolute Gasteiger partial charge is 0.339 e. The van der Waals surface area contributed by atoms with E-state index in [0.717, 1.165) is 10.8 Å². The highest BCUT2D eigenvalue weighted by Crippen LogP contribution is 2.20. The summed E-state index contributed by atoms with van der Waals surface area (Å²) in [6.45, 7) is -0.174. The summed E-state index contributed by atoms with van der Waals surface area (Å²) in [5.74, 6) is -0.516. The standard InChI is InChI=1S/C21H16FN5O2/c22-14-8-10-15(11-9-14)24-21-26-18(25-20(23)27-21)12-29-19(28)17-7-3-5-13-4-1-2-6-16(13)17/h1-11H,12H2,(H3,23,24,25,26,27). The minimum atomic E-state index is -0.492. The Morgan fingerprint density at radius 1 is 0.966 bits per heavy atom. The average Bonchev–Trinajstić information content (AvgIpc) is 2.73. The highest BCUT2D eigenvalue weighted by atomic mass is 19.1. The van der Waals surface area contributed by atoms with Crippen molar-refractivity contribution in [1.29, 1.82) is 0 Å². The van der Waals surface area contributed by atoms with Gasteiger partial charge in [0.25, 0.3) is 0 Å². The van der Waals surface area contributed by atoms with E-state index in [4.69, 9.17) is 10.5 Å². The van der Waals surface area contributed by atoms with E-state index in [2.05, 4.69) is 20.3 Å². The van der Waals surface area contributed by atoms with Crippen molar-refractivity contribution in [1.82, 2.24) is 15.0 Å². The number of nitrogens with zero attached hydrogens (tertiary/aromatic N) is 3. The molecule has 0 aliphatic heterocycles. The normalized spacial score (nSPS) is 10.7. The predicted molar refractivity (Wildman–Crippen MR) is 107 cm³/mol. The topological polar surface area (TPSA) is 103 Å². The summed E-state index contributed by atoms with van der Waals surface area (Å²) in [5.41, 5.74) is 6.76. The van der Waals surface area contributed by atoms with Gasteiger partial charge in [-0.05, 0) is 41.1 Å². The number of hydrogen-bond acceptors (Lipinski definition) is 7. The van der Waals surface area contributed by atoms with Gasteiger partial charge in [0.15, 0.2) is 12.4 Å². The molecule has 4 rings (SSSR count). The Labute approximate surface area is 165 Å². The Morgan fingerprint density at radius 3 is 2.55 bits per heavy atom. The second-order valence-electron chi connectivity index (χ2n) is 6.17. The molecule has 0 aliphatic carbocycles. The summed E-state index contributed by atoms with van der Waals surface area (Å²) < 4.78 is 18.4. The molecule has 7 nitrogen and oxygen atoms in total. The molecule has 3 N–H and O–H groups in total. The number of anilines is 3. The lowest BCUT2D eigenvalue weighted by molar-refractivity contribution is 0.0464. The van der Waals surface area contributed by atoms with Gasteiger partial charge in [0, 0.05) is 5.69 Å². The lowest BCUT2D eigenvalue weighted by Gasteiger charge is -2.09. The van der Waals surface area contributed by atoms with Gasteiger partial charge < -0.3 is 15.8 Å². The third kappa shape index (κ3) is 4.27. The fourth-order valence-corrected chi connectivity index (χ4v) is 2.83. The zero-order chi connectivity index (χ0) is 20.2. The molecule has 0 atom stereocenters. The van der Waals surface area contributed by atoms with E-state index in [1.807, 2.05) is 30.3 Å². The molecule has 0 fully saturated rings. The van der Waals surface area contributed by atoms with Crippen molar-refractivity contribution in [2.45, 2.75) is 6.61 Å². The second kappa shape index (κ2) is 7.89. The highest BCUT2D eigenvalue weighted by molar-refractivity contribution is 6.04. The minimum Gasteiger partial charge on any atom is -0.454 e. The fourth-order valence-electron chi connectivity index (χ4n) is 2.83. The highest BCUT2D eigenvalue weighted by Gasteiger charge is 2.13. The van der Waals surface area contributed by atoms with E-state index in [1.54, 1.807) is 12.1 Å². The molecule has 0 amide bonds. The monoisotopic (exact) mass is 389 g/mol. The van der Waals surface area contributed by atoms with Crippen LogP contribution in [-0.2, 0) is 11.3 Å². The van der Waals surface area contributed by atoms with Crippen molar-refractivity contribution >= 4 is 34.3 Å². The first-order chi connectivity index (χ1) is 14.1. The summed E-state index contributed by atoms with van der Waals surface area (Å²) in [6, 6.07) is 18.7. The first-order valence-corrected chi connectivity index (χ1v) is 8.76. The van der Waals surface area contributed by atoms with Gasteiger partial charge in [-0.15, -0.1) is 0 Å². The maximum atomic E-state index is 13.0.